The van der Waals surface area contributed by atoms with Crippen LogP contribution in [-0.4, -0.2) is 40.3 Å². The molecule has 0 radical (unpaired) electrons. The molecule has 0 spiro atoms. The summed E-state index contributed by atoms with van der Waals surface area (Å²) in [4.78, 5) is 14.9. The van der Waals surface area contributed by atoms with Crippen LogP contribution in [0, 0.1) is 0 Å². The average molecular weight is 270 g/mol. The lowest BCUT2D eigenvalue weighted by molar-refractivity contribution is 0.0150. The van der Waals surface area contributed by atoms with Crippen molar-refractivity contribution >= 4 is 17.0 Å². The quantitative estimate of drug-likeness (QED) is 0.815. The van der Waals surface area contributed by atoms with E-state index in [9.17, 15) is 13.6 Å². The van der Waals surface area contributed by atoms with Gasteiger partial charge in [0.2, 0.25) is 0 Å². The van der Waals surface area contributed by atoms with Gasteiger partial charge in [0.15, 0.2) is 0 Å². The van der Waals surface area contributed by atoms with Crippen LogP contribution in [0.4, 0.5) is 8.78 Å². The maximum Gasteiger partial charge on any atom is 0.335 e. The van der Waals surface area contributed by atoms with E-state index in [1.165, 1.54) is 18.5 Å². The Kier molecular flexibility index (Phi) is 4.06. The van der Waals surface area contributed by atoms with Gasteiger partial charge in [0, 0.05) is 6.54 Å². The Morgan fingerprint density at radius 2 is 2.26 bits per heavy atom. The molecule has 0 aliphatic heterocycles. The summed E-state index contributed by atoms with van der Waals surface area (Å²) in [6, 6.07) is 4.58. The minimum absolute atomic E-state index is 0.149. The summed E-state index contributed by atoms with van der Waals surface area (Å²) in [6.45, 7) is -0.0537. The molecule has 1 N–H and O–H groups in total. The van der Waals surface area contributed by atoms with Crippen molar-refractivity contribution in [3.8, 4) is 0 Å². The molecule has 1 heterocycles. The second-order valence-electron chi connectivity index (χ2n) is 3.91. The number of carboxylic acid groups (broad SMARTS) is 1. The van der Waals surface area contributed by atoms with Crippen LogP contribution in [0.1, 0.15) is 10.4 Å². The van der Waals surface area contributed by atoms with Crippen molar-refractivity contribution in [1.82, 2.24) is 9.55 Å². The molecule has 1 aromatic carbocycles. The summed E-state index contributed by atoms with van der Waals surface area (Å²) >= 11 is 0. The van der Waals surface area contributed by atoms with Crippen LogP contribution < -0.4 is 0 Å². The van der Waals surface area contributed by atoms with Crippen LogP contribution in [0.3, 0.4) is 0 Å². The van der Waals surface area contributed by atoms with Gasteiger partial charge in [-0.1, -0.05) is 0 Å². The van der Waals surface area contributed by atoms with Gasteiger partial charge in [-0.15, -0.1) is 0 Å². The Bertz CT molecular complexity index is 583. The third kappa shape index (κ3) is 3.25. The smallest absolute Gasteiger partial charge is 0.335 e. The predicted molar refractivity (Wildman–Crippen MR) is 63.5 cm³/mol. The van der Waals surface area contributed by atoms with Gasteiger partial charge in [-0.3, -0.25) is 0 Å². The number of ether oxygens (including phenoxy) is 1. The fourth-order valence-electron chi connectivity index (χ4n) is 1.71. The first-order chi connectivity index (χ1) is 9.08. The number of aromatic carboxylic acids is 1. The third-order valence-corrected chi connectivity index (χ3v) is 2.59. The van der Waals surface area contributed by atoms with Crippen LogP contribution in [0.15, 0.2) is 24.5 Å². The number of carboxylic acids is 1. The number of hydrogen-bond donors (Lipinski definition) is 1. The van der Waals surface area contributed by atoms with Crippen LogP contribution in [-0.2, 0) is 11.3 Å². The Hall–Kier alpha value is -2.02. The molecule has 5 nitrogen and oxygen atoms in total. The molecule has 0 atom stereocenters. The number of halogens is 2. The fourth-order valence-corrected chi connectivity index (χ4v) is 1.71. The Morgan fingerprint density at radius 1 is 1.47 bits per heavy atom. The molecule has 2 rings (SSSR count). The molecule has 2 aromatic rings. The van der Waals surface area contributed by atoms with Crippen LogP contribution in [0.5, 0.6) is 0 Å². The summed E-state index contributed by atoms with van der Waals surface area (Å²) in [5, 5.41) is 8.85. The number of hydrogen-bond acceptors (Lipinski definition) is 3. The fraction of sp³-hybridized carbons (Fsp3) is 0.333. The van der Waals surface area contributed by atoms with Crippen molar-refractivity contribution in [2.24, 2.45) is 0 Å². The van der Waals surface area contributed by atoms with E-state index in [0.29, 0.717) is 12.1 Å². The highest BCUT2D eigenvalue weighted by Crippen LogP contribution is 2.15. The number of rotatable bonds is 6. The van der Waals surface area contributed by atoms with Gasteiger partial charge in [-0.2, -0.15) is 0 Å². The minimum atomic E-state index is -2.47. The SMILES string of the molecule is O=C(O)c1ccc2c(c1)ncn2CCOCC(F)F. The lowest BCUT2D eigenvalue weighted by atomic mass is 10.2. The first-order valence-electron chi connectivity index (χ1n) is 5.62. The number of imidazole rings is 1. The highest BCUT2D eigenvalue weighted by atomic mass is 19.3. The zero-order chi connectivity index (χ0) is 13.8. The second-order valence-corrected chi connectivity index (χ2v) is 3.91. The highest BCUT2D eigenvalue weighted by molar-refractivity contribution is 5.92. The normalized spacial score (nSPS) is 11.3. The van der Waals surface area contributed by atoms with E-state index >= 15 is 0 Å². The lowest BCUT2D eigenvalue weighted by Crippen LogP contribution is -2.10. The zero-order valence-electron chi connectivity index (χ0n) is 9.92. The number of alkyl halides is 2. The van der Waals surface area contributed by atoms with E-state index < -0.39 is 19.0 Å². The number of aromatic nitrogens is 2. The molecule has 0 aliphatic rings. The second kappa shape index (κ2) is 5.75. The maximum absolute atomic E-state index is 11.9. The predicted octanol–water partition coefficient (Wildman–Crippen LogP) is 2.02. The standard InChI is InChI=1S/C12H12F2N2O3/c13-11(14)6-19-4-3-16-7-15-9-5-8(12(17)18)1-2-10(9)16/h1-2,5,7,11H,3-4,6H2,(H,17,18). The van der Waals surface area contributed by atoms with Gasteiger partial charge < -0.3 is 14.4 Å². The summed E-state index contributed by atoms with van der Waals surface area (Å²) in [7, 11) is 0. The van der Waals surface area contributed by atoms with Gasteiger partial charge in [0.1, 0.15) is 6.61 Å². The van der Waals surface area contributed by atoms with Gasteiger partial charge in [0.05, 0.1) is 29.5 Å². The molecule has 0 fully saturated rings. The van der Waals surface area contributed by atoms with Crippen molar-refractivity contribution in [2.45, 2.75) is 13.0 Å². The molecule has 0 saturated heterocycles. The first-order valence-corrected chi connectivity index (χ1v) is 5.62. The average Bonchev–Trinajstić information content (AvgIpc) is 2.76. The highest BCUT2D eigenvalue weighted by Gasteiger charge is 2.08. The molecule has 0 unspecified atom stereocenters. The number of benzene rings is 1. The number of nitrogens with zero attached hydrogens (tertiary/aromatic N) is 2. The van der Waals surface area contributed by atoms with E-state index in [-0.39, 0.29) is 12.2 Å². The van der Waals surface area contributed by atoms with E-state index in [2.05, 4.69) is 4.98 Å². The summed E-state index contributed by atoms with van der Waals surface area (Å²) in [5.74, 6) is -1.02. The topological polar surface area (TPSA) is 64.3 Å². The van der Waals surface area contributed by atoms with E-state index in [1.54, 1.807) is 10.6 Å². The first kappa shape index (κ1) is 13.4. The van der Waals surface area contributed by atoms with Crippen molar-refractivity contribution in [1.29, 1.82) is 0 Å². The Morgan fingerprint density at radius 3 is 2.95 bits per heavy atom. The molecular formula is C12H12F2N2O3. The minimum Gasteiger partial charge on any atom is -0.478 e. The van der Waals surface area contributed by atoms with Crippen LogP contribution >= 0.6 is 0 Å². The Balaban J connectivity index is 2.06. The summed E-state index contributed by atoms with van der Waals surface area (Å²) in [6.07, 6.45) is -0.945. The maximum atomic E-state index is 11.9. The van der Waals surface area contributed by atoms with Gasteiger partial charge in [0.25, 0.3) is 6.43 Å². The third-order valence-electron chi connectivity index (χ3n) is 2.59. The van der Waals surface area contributed by atoms with Gasteiger partial charge in [-0.25, -0.2) is 18.6 Å². The molecule has 102 valence electrons. The van der Waals surface area contributed by atoms with Crippen molar-refractivity contribution in [3.63, 3.8) is 0 Å². The van der Waals surface area contributed by atoms with E-state index in [0.717, 1.165) is 5.52 Å². The number of carbonyl (C=O) groups is 1. The monoisotopic (exact) mass is 270 g/mol. The molecule has 7 heteroatoms. The zero-order valence-corrected chi connectivity index (χ0v) is 9.92. The van der Waals surface area contributed by atoms with Crippen molar-refractivity contribution in [3.05, 3.63) is 30.1 Å². The summed E-state index contributed by atoms with van der Waals surface area (Å²) < 4.78 is 30.3. The molecule has 0 amide bonds. The molecule has 0 bridgehead atoms. The van der Waals surface area contributed by atoms with Gasteiger partial charge in [-0.05, 0) is 18.2 Å². The molecule has 0 saturated carbocycles. The summed E-state index contributed by atoms with van der Waals surface area (Å²) in [5.41, 5.74) is 1.45. The molecule has 1 aromatic heterocycles. The van der Waals surface area contributed by atoms with E-state index in [1.807, 2.05) is 0 Å². The Labute approximate surface area is 107 Å². The van der Waals surface area contributed by atoms with E-state index in [4.69, 9.17) is 9.84 Å². The molecule has 19 heavy (non-hydrogen) atoms. The van der Waals surface area contributed by atoms with Crippen molar-refractivity contribution < 1.29 is 23.4 Å². The van der Waals surface area contributed by atoms with Crippen LogP contribution in [0.25, 0.3) is 11.0 Å². The van der Waals surface area contributed by atoms with Gasteiger partial charge >= 0.3 is 5.97 Å². The lowest BCUT2D eigenvalue weighted by Gasteiger charge is -2.05. The molecule has 0 aliphatic carbocycles. The number of fused-ring (bicyclic) bond motifs is 1. The van der Waals surface area contributed by atoms with Crippen LogP contribution in [0.2, 0.25) is 0 Å². The van der Waals surface area contributed by atoms with Crippen molar-refractivity contribution in [2.75, 3.05) is 13.2 Å². The largest absolute Gasteiger partial charge is 0.478 e. The molecular weight excluding hydrogens is 258 g/mol.